The zero-order valence-corrected chi connectivity index (χ0v) is 15.6. The summed E-state index contributed by atoms with van der Waals surface area (Å²) in [6, 6.07) is 15.2. The van der Waals surface area contributed by atoms with Gasteiger partial charge in [0, 0.05) is 11.6 Å². The highest BCUT2D eigenvalue weighted by atomic mass is 35.5. The molecule has 0 aliphatic heterocycles. The van der Waals surface area contributed by atoms with Gasteiger partial charge in [-0.15, -0.1) is 0 Å². The van der Waals surface area contributed by atoms with Crippen molar-refractivity contribution in [3.8, 4) is 5.75 Å². The van der Waals surface area contributed by atoms with E-state index in [1.165, 1.54) is 0 Å². The van der Waals surface area contributed by atoms with Crippen LogP contribution in [-0.4, -0.2) is 18.8 Å². The van der Waals surface area contributed by atoms with Crippen LogP contribution in [0.5, 0.6) is 5.75 Å². The smallest absolute Gasteiger partial charge is 0.317 e. The fraction of sp³-hybridized carbons (Fsp3) is 0.350. The zero-order chi connectivity index (χ0) is 18.2. The Morgan fingerprint density at radius 1 is 1.08 bits per heavy atom. The summed E-state index contributed by atoms with van der Waals surface area (Å²) in [7, 11) is 0. The molecule has 0 heterocycles. The maximum absolute atomic E-state index is 12.0. The average Bonchev–Trinajstić information content (AvgIpc) is 2.57. The normalized spacial score (nSPS) is 11.9. The average molecular weight is 361 g/mol. The largest absolute Gasteiger partial charge is 0.471 e. The molecule has 2 N–H and O–H groups in total. The highest BCUT2D eigenvalue weighted by Crippen LogP contribution is 2.26. The molecule has 0 bridgehead atoms. The first kappa shape index (κ1) is 19.1. The van der Waals surface area contributed by atoms with E-state index in [1.807, 2.05) is 55.5 Å². The Hall–Kier alpha value is -2.20. The third-order valence-electron chi connectivity index (χ3n) is 3.79. The monoisotopic (exact) mass is 360 g/mol. The second-order valence-corrected chi connectivity index (χ2v) is 6.67. The van der Waals surface area contributed by atoms with Crippen molar-refractivity contribution in [2.75, 3.05) is 6.54 Å². The molecule has 0 saturated carbocycles. The number of rotatable bonds is 7. The van der Waals surface area contributed by atoms with Gasteiger partial charge in [-0.3, -0.25) is 0 Å². The minimum Gasteiger partial charge on any atom is -0.471 e. The van der Waals surface area contributed by atoms with E-state index >= 15 is 0 Å². The molecule has 2 amide bonds. The molecule has 25 heavy (non-hydrogen) atoms. The second-order valence-electron chi connectivity index (χ2n) is 6.23. The Labute approximate surface area is 154 Å². The lowest BCUT2D eigenvalue weighted by Crippen LogP contribution is -2.44. The van der Waals surface area contributed by atoms with E-state index < -0.39 is 6.23 Å². The maximum atomic E-state index is 12.0. The number of hydrogen-bond acceptors (Lipinski definition) is 2. The highest BCUT2D eigenvalue weighted by molar-refractivity contribution is 6.30. The molecule has 0 aliphatic carbocycles. The van der Waals surface area contributed by atoms with Crippen molar-refractivity contribution in [2.45, 2.75) is 39.3 Å². The summed E-state index contributed by atoms with van der Waals surface area (Å²) in [6.07, 6.45) is 0.325. The summed E-state index contributed by atoms with van der Waals surface area (Å²) in [4.78, 5) is 12.0. The van der Waals surface area contributed by atoms with Crippen molar-refractivity contribution >= 4 is 17.6 Å². The van der Waals surface area contributed by atoms with E-state index in [1.54, 1.807) is 0 Å². The van der Waals surface area contributed by atoms with Crippen molar-refractivity contribution in [3.63, 3.8) is 0 Å². The minimum absolute atomic E-state index is 0.247. The van der Waals surface area contributed by atoms with Gasteiger partial charge in [0.05, 0.1) is 0 Å². The highest BCUT2D eigenvalue weighted by Gasteiger charge is 2.12. The van der Waals surface area contributed by atoms with Gasteiger partial charge in [-0.2, -0.15) is 0 Å². The Balaban J connectivity index is 1.77. The van der Waals surface area contributed by atoms with E-state index in [4.69, 9.17) is 16.3 Å². The van der Waals surface area contributed by atoms with E-state index in [0.717, 1.165) is 23.3 Å². The lowest BCUT2D eigenvalue weighted by atomic mass is 10.0. The van der Waals surface area contributed by atoms with Crippen LogP contribution in [0.1, 0.15) is 37.8 Å². The second kappa shape index (κ2) is 9.33. The summed E-state index contributed by atoms with van der Waals surface area (Å²) in [5.74, 6) is 1.16. The Kier molecular flexibility index (Phi) is 7.14. The van der Waals surface area contributed by atoms with E-state index in [-0.39, 0.29) is 6.03 Å². The molecule has 0 spiro atoms. The van der Waals surface area contributed by atoms with Gasteiger partial charge in [0.2, 0.25) is 0 Å². The summed E-state index contributed by atoms with van der Waals surface area (Å²) < 4.78 is 5.87. The molecule has 134 valence electrons. The van der Waals surface area contributed by atoms with Crippen LogP contribution in [-0.2, 0) is 6.42 Å². The number of urea groups is 1. The van der Waals surface area contributed by atoms with Gasteiger partial charge >= 0.3 is 6.03 Å². The number of nitrogens with one attached hydrogen (secondary N) is 2. The predicted octanol–water partition coefficient (Wildman–Crippen LogP) is 4.73. The van der Waals surface area contributed by atoms with Crippen molar-refractivity contribution in [1.29, 1.82) is 0 Å². The summed E-state index contributed by atoms with van der Waals surface area (Å²) in [6.45, 7) is 6.59. The van der Waals surface area contributed by atoms with Crippen LogP contribution in [0.25, 0.3) is 0 Å². The van der Waals surface area contributed by atoms with Gasteiger partial charge in [-0.1, -0.05) is 55.8 Å². The molecule has 1 unspecified atom stereocenters. The molecule has 2 aromatic carbocycles. The molecule has 2 aromatic rings. The molecule has 0 saturated heterocycles. The number of carbonyl (C=O) groups is 1. The number of benzene rings is 2. The zero-order valence-electron chi connectivity index (χ0n) is 14.9. The molecule has 0 radical (unpaired) electrons. The molecule has 2 rings (SSSR count). The number of para-hydroxylation sites is 1. The van der Waals surface area contributed by atoms with Gasteiger partial charge in [-0.05, 0) is 48.6 Å². The first-order valence-corrected chi connectivity index (χ1v) is 8.88. The SMILES string of the molecule is CC(NC(=O)NCCc1ccc(Cl)cc1)Oc1ccccc1C(C)C. The van der Waals surface area contributed by atoms with E-state index in [2.05, 4.69) is 24.5 Å². The van der Waals surface area contributed by atoms with Crippen LogP contribution < -0.4 is 15.4 Å². The van der Waals surface area contributed by atoms with Crippen molar-refractivity contribution in [3.05, 3.63) is 64.7 Å². The number of amides is 2. The third-order valence-corrected chi connectivity index (χ3v) is 4.04. The Morgan fingerprint density at radius 2 is 1.76 bits per heavy atom. The fourth-order valence-corrected chi connectivity index (χ4v) is 2.62. The summed E-state index contributed by atoms with van der Waals surface area (Å²) in [5.41, 5.74) is 2.25. The van der Waals surface area contributed by atoms with Crippen LogP contribution >= 0.6 is 11.6 Å². The van der Waals surface area contributed by atoms with E-state index in [9.17, 15) is 4.79 Å². The number of ether oxygens (including phenoxy) is 1. The van der Waals surface area contributed by atoms with Crippen LogP contribution in [0.3, 0.4) is 0 Å². The third kappa shape index (κ3) is 6.31. The standard InChI is InChI=1S/C20H25ClN2O2/c1-14(2)18-6-4-5-7-19(18)25-15(3)23-20(24)22-13-12-16-8-10-17(21)11-9-16/h4-11,14-15H,12-13H2,1-3H3,(H2,22,23,24). The van der Waals surface area contributed by atoms with Crippen LogP contribution in [0.4, 0.5) is 4.79 Å². The lowest BCUT2D eigenvalue weighted by Gasteiger charge is -2.20. The number of hydrogen-bond donors (Lipinski definition) is 2. The number of carbonyl (C=O) groups excluding carboxylic acids is 1. The van der Waals surface area contributed by atoms with Crippen LogP contribution in [0.15, 0.2) is 48.5 Å². The Bertz CT molecular complexity index is 686. The quantitative estimate of drug-likeness (QED) is 0.701. The molecule has 0 aromatic heterocycles. The first-order valence-electron chi connectivity index (χ1n) is 8.50. The topological polar surface area (TPSA) is 50.4 Å². The van der Waals surface area contributed by atoms with Gasteiger partial charge in [0.1, 0.15) is 5.75 Å². The molecule has 0 fully saturated rings. The van der Waals surface area contributed by atoms with Gasteiger partial charge < -0.3 is 15.4 Å². The van der Waals surface area contributed by atoms with Gasteiger partial charge in [-0.25, -0.2) is 4.79 Å². The fourth-order valence-electron chi connectivity index (χ4n) is 2.49. The van der Waals surface area contributed by atoms with E-state index in [0.29, 0.717) is 17.5 Å². The first-order chi connectivity index (χ1) is 12.0. The number of halogens is 1. The summed E-state index contributed by atoms with van der Waals surface area (Å²) in [5, 5.41) is 6.34. The van der Waals surface area contributed by atoms with Crippen LogP contribution in [0.2, 0.25) is 5.02 Å². The molecule has 5 heteroatoms. The van der Waals surface area contributed by atoms with Crippen molar-refractivity contribution in [2.24, 2.45) is 0 Å². The molecule has 0 aliphatic rings. The Morgan fingerprint density at radius 3 is 2.44 bits per heavy atom. The van der Waals surface area contributed by atoms with Gasteiger partial charge in [0.15, 0.2) is 6.23 Å². The van der Waals surface area contributed by atoms with Crippen molar-refractivity contribution < 1.29 is 9.53 Å². The molecular formula is C20H25ClN2O2. The molecule has 1 atom stereocenters. The predicted molar refractivity (Wildman–Crippen MR) is 102 cm³/mol. The van der Waals surface area contributed by atoms with Crippen LogP contribution in [0, 0.1) is 0 Å². The van der Waals surface area contributed by atoms with Crippen molar-refractivity contribution in [1.82, 2.24) is 10.6 Å². The minimum atomic E-state index is -0.421. The van der Waals surface area contributed by atoms with Gasteiger partial charge in [0.25, 0.3) is 0 Å². The molecule has 4 nitrogen and oxygen atoms in total. The summed E-state index contributed by atoms with van der Waals surface area (Å²) >= 11 is 5.86. The maximum Gasteiger partial charge on any atom is 0.317 e. The lowest BCUT2D eigenvalue weighted by molar-refractivity contribution is 0.175. The molecular weight excluding hydrogens is 336 g/mol.